The minimum atomic E-state index is 0.0686. The Kier molecular flexibility index (Phi) is 4.43. The van der Waals surface area contributed by atoms with Crippen molar-refractivity contribution in [3.8, 4) is 0 Å². The van der Waals surface area contributed by atoms with Gasteiger partial charge in [0.05, 0.1) is 8.67 Å². The van der Waals surface area contributed by atoms with Gasteiger partial charge in [-0.25, -0.2) is 0 Å². The lowest BCUT2D eigenvalue weighted by molar-refractivity contribution is 0.117. The van der Waals surface area contributed by atoms with E-state index in [9.17, 15) is 0 Å². The van der Waals surface area contributed by atoms with Crippen LogP contribution in [0.2, 0.25) is 8.67 Å². The molecule has 0 saturated heterocycles. The maximum Gasteiger partial charge on any atom is 0.0991 e. The maximum absolute atomic E-state index is 6.47. The predicted octanol–water partition coefficient (Wildman–Crippen LogP) is 5.66. The normalized spacial score (nSPS) is 32.9. The van der Waals surface area contributed by atoms with Gasteiger partial charge in [0.15, 0.2) is 0 Å². The molecule has 0 aromatic carbocycles. The van der Waals surface area contributed by atoms with Crippen molar-refractivity contribution >= 4 is 34.5 Å². The number of fused-ring (bicyclic) bond motifs is 1. The highest BCUT2D eigenvalue weighted by molar-refractivity contribution is 7.20. The van der Waals surface area contributed by atoms with Gasteiger partial charge in [0.2, 0.25) is 0 Å². The van der Waals surface area contributed by atoms with Crippen molar-refractivity contribution in [3.05, 3.63) is 20.3 Å². The summed E-state index contributed by atoms with van der Waals surface area (Å²) in [6, 6.07) is 2.03. The zero-order chi connectivity index (χ0) is 13.4. The molecule has 2 aliphatic carbocycles. The molecule has 0 aliphatic heterocycles. The monoisotopic (exact) mass is 317 g/mol. The van der Waals surface area contributed by atoms with Crippen LogP contribution in [0.3, 0.4) is 0 Å². The van der Waals surface area contributed by atoms with E-state index in [1.807, 2.05) is 6.07 Å². The van der Waals surface area contributed by atoms with Gasteiger partial charge >= 0.3 is 0 Å². The topological polar surface area (TPSA) is 26.0 Å². The van der Waals surface area contributed by atoms with Crippen LogP contribution in [-0.2, 0) is 0 Å². The van der Waals surface area contributed by atoms with Gasteiger partial charge in [-0.15, -0.1) is 11.3 Å². The number of hydrogen-bond acceptors (Lipinski definition) is 2. The first-order chi connectivity index (χ1) is 9.15. The lowest BCUT2D eigenvalue weighted by Crippen LogP contribution is -2.33. The summed E-state index contributed by atoms with van der Waals surface area (Å²) in [6.45, 7) is 0. The predicted molar refractivity (Wildman–Crippen MR) is 84.1 cm³/mol. The molecule has 1 nitrogen and oxygen atoms in total. The van der Waals surface area contributed by atoms with Gasteiger partial charge in [0, 0.05) is 11.6 Å². The summed E-state index contributed by atoms with van der Waals surface area (Å²) < 4.78 is 1.53. The Balaban J connectivity index is 1.70. The van der Waals surface area contributed by atoms with Gasteiger partial charge < -0.3 is 5.73 Å². The fourth-order valence-electron chi connectivity index (χ4n) is 4.07. The largest absolute Gasteiger partial charge is 0.324 e. The SMILES string of the molecule is NC(c1cc(Cl)sc1Cl)C1CCC2CCCCC2C1. The van der Waals surface area contributed by atoms with Crippen molar-refractivity contribution in [2.75, 3.05) is 0 Å². The van der Waals surface area contributed by atoms with Crippen LogP contribution in [0.25, 0.3) is 0 Å². The quantitative estimate of drug-likeness (QED) is 0.748. The van der Waals surface area contributed by atoms with E-state index in [0.29, 0.717) is 5.92 Å². The van der Waals surface area contributed by atoms with Crippen LogP contribution in [0, 0.1) is 17.8 Å². The highest BCUT2D eigenvalue weighted by atomic mass is 35.5. The van der Waals surface area contributed by atoms with Crippen LogP contribution in [0.15, 0.2) is 6.07 Å². The molecule has 4 heteroatoms. The summed E-state index contributed by atoms with van der Waals surface area (Å²) in [4.78, 5) is 0. The number of halogens is 2. The van der Waals surface area contributed by atoms with Crippen molar-refractivity contribution < 1.29 is 0 Å². The molecular formula is C15H21Cl2NS. The molecule has 4 unspecified atom stereocenters. The molecule has 1 heterocycles. The molecule has 19 heavy (non-hydrogen) atoms. The molecule has 2 aliphatic rings. The zero-order valence-corrected chi connectivity index (χ0v) is 13.4. The Morgan fingerprint density at radius 1 is 1.11 bits per heavy atom. The summed E-state index contributed by atoms with van der Waals surface area (Å²) in [5.41, 5.74) is 7.53. The molecule has 2 N–H and O–H groups in total. The molecule has 2 fully saturated rings. The summed E-state index contributed by atoms with van der Waals surface area (Å²) >= 11 is 13.7. The minimum Gasteiger partial charge on any atom is -0.324 e. The van der Waals surface area contributed by atoms with Crippen molar-refractivity contribution in [1.82, 2.24) is 0 Å². The van der Waals surface area contributed by atoms with E-state index in [1.165, 1.54) is 56.3 Å². The molecule has 0 radical (unpaired) electrons. The molecule has 4 atom stereocenters. The summed E-state index contributed by atoms with van der Waals surface area (Å²) in [5, 5.41) is 0. The Bertz CT molecular complexity index is 445. The third-order valence-electron chi connectivity index (χ3n) is 5.13. The molecule has 0 bridgehead atoms. The Labute approximate surface area is 129 Å². The number of nitrogens with two attached hydrogens (primary N) is 1. The summed E-state index contributed by atoms with van der Waals surface area (Å²) in [5.74, 6) is 2.47. The fourth-order valence-corrected chi connectivity index (χ4v) is 5.64. The van der Waals surface area contributed by atoms with Crippen molar-refractivity contribution in [2.45, 2.75) is 51.0 Å². The van der Waals surface area contributed by atoms with Gasteiger partial charge in [0.1, 0.15) is 0 Å². The lowest BCUT2D eigenvalue weighted by Gasteiger charge is -2.41. The first-order valence-electron chi connectivity index (χ1n) is 7.35. The fraction of sp³-hybridized carbons (Fsp3) is 0.733. The molecule has 2 saturated carbocycles. The first kappa shape index (κ1) is 14.2. The van der Waals surface area contributed by atoms with Gasteiger partial charge in [-0.05, 0) is 43.1 Å². The van der Waals surface area contributed by atoms with Gasteiger partial charge in [0.25, 0.3) is 0 Å². The van der Waals surface area contributed by atoms with Crippen LogP contribution in [0.4, 0.5) is 0 Å². The number of hydrogen-bond donors (Lipinski definition) is 1. The standard InChI is InChI=1S/C15H21Cl2NS/c16-13-8-12(15(17)19-13)14(18)11-6-5-9-3-1-2-4-10(9)7-11/h8-11,14H,1-7,18H2. The Morgan fingerprint density at radius 3 is 2.53 bits per heavy atom. The zero-order valence-electron chi connectivity index (χ0n) is 11.1. The lowest BCUT2D eigenvalue weighted by atomic mass is 9.66. The molecule has 1 aromatic heterocycles. The average Bonchev–Trinajstić information content (AvgIpc) is 2.76. The molecule has 1 aromatic rings. The van der Waals surface area contributed by atoms with Crippen molar-refractivity contribution in [2.24, 2.45) is 23.5 Å². The van der Waals surface area contributed by atoms with E-state index in [1.54, 1.807) is 0 Å². The van der Waals surface area contributed by atoms with Crippen LogP contribution >= 0.6 is 34.5 Å². The average molecular weight is 318 g/mol. The molecule has 106 valence electrons. The Hall–Kier alpha value is 0.240. The van der Waals surface area contributed by atoms with Crippen molar-refractivity contribution in [1.29, 1.82) is 0 Å². The first-order valence-corrected chi connectivity index (χ1v) is 8.92. The molecule has 0 amide bonds. The number of thiophene rings is 1. The smallest absolute Gasteiger partial charge is 0.0991 e. The number of rotatable bonds is 2. The second-order valence-electron chi connectivity index (χ2n) is 6.18. The second-order valence-corrected chi connectivity index (χ2v) is 8.47. The van der Waals surface area contributed by atoms with Crippen LogP contribution in [0.5, 0.6) is 0 Å². The van der Waals surface area contributed by atoms with E-state index >= 15 is 0 Å². The highest BCUT2D eigenvalue weighted by Crippen LogP contribution is 2.47. The van der Waals surface area contributed by atoms with Crippen LogP contribution in [-0.4, -0.2) is 0 Å². The van der Waals surface area contributed by atoms with E-state index in [0.717, 1.165) is 26.1 Å². The van der Waals surface area contributed by atoms with Crippen LogP contribution in [0.1, 0.15) is 56.6 Å². The second kappa shape index (κ2) is 5.93. The molecule has 0 spiro atoms. The minimum absolute atomic E-state index is 0.0686. The van der Waals surface area contributed by atoms with Crippen LogP contribution < -0.4 is 5.73 Å². The summed E-state index contributed by atoms with van der Waals surface area (Å²) in [6.07, 6.45) is 9.60. The van der Waals surface area contributed by atoms with Gasteiger partial charge in [-0.2, -0.15) is 0 Å². The van der Waals surface area contributed by atoms with E-state index in [2.05, 4.69) is 0 Å². The maximum atomic E-state index is 6.47. The van der Waals surface area contributed by atoms with Gasteiger partial charge in [-0.1, -0.05) is 48.9 Å². The third kappa shape index (κ3) is 2.97. The van der Waals surface area contributed by atoms with Crippen molar-refractivity contribution in [3.63, 3.8) is 0 Å². The molecular weight excluding hydrogens is 297 g/mol. The third-order valence-corrected chi connectivity index (χ3v) is 6.65. The molecule has 3 rings (SSSR count). The summed E-state index contributed by atoms with van der Waals surface area (Å²) in [7, 11) is 0. The van der Waals surface area contributed by atoms with Gasteiger partial charge in [-0.3, -0.25) is 0 Å². The van der Waals surface area contributed by atoms with E-state index < -0.39 is 0 Å². The highest BCUT2D eigenvalue weighted by Gasteiger charge is 2.35. The van der Waals surface area contributed by atoms with E-state index in [4.69, 9.17) is 28.9 Å². The van der Waals surface area contributed by atoms with E-state index in [-0.39, 0.29) is 6.04 Å². The Morgan fingerprint density at radius 2 is 1.84 bits per heavy atom.